The lowest BCUT2D eigenvalue weighted by atomic mass is 9.74. The summed E-state index contributed by atoms with van der Waals surface area (Å²) in [5, 5.41) is 13.8. The number of rotatable bonds is 7. The average Bonchev–Trinajstić information content (AvgIpc) is 3.22. The Balaban J connectivity index is 1.45. The molecule has 1 aliphatic rings. The van der Waals surface area contributed by atoms with Gasteiger partial charge in [0.2, 0.25) is 5.13 Å². The zero-order valence-corrected chi connectivity index (χ0v) is 17.2. The Kier molecular flexibility index (Phi) is 6.06. The quantitative estimate of drug-likeness (QED) is 0.621. The molecule has 1 saturated heterocycles. The predicted molar refractivity (Wildman–Crippen MR) is 112 cm³/mol. The van der Waals surface area contributed by atoms with E-state index in [1.54, 1.807) is 30.6 Å². The van der Waals surface area contributed by atoms with Crippen LogP contribution in [0.3, 0.4) is 0 Å². The lowest BCUT2D eigenvalue weighted by molar-refractivity contribution is 0.0544. The number of aromatic nitrogens is 2. The Labute approximate surface area is 173 Å². The van der Waals surface area contributed by atoms with Crippen molar-refractivity contribution in [2.45, 2.75) is 24.7 Å². The molecule has 0 atom stereocenters. The van der Waals surface area contributed by atoms with Gasteiger partial charge < -0.3 is 14.8 Å². The third-order valence-corrected chi connectivity index (χ3v) is 6.35. The summed E-state index contributed by atoms with van der Waals surface area (Å²) in [7, 11) is 1.68. The van der Waals surface area contributed by atoms with Gasteiger partial charge in [0.05, 0.1) is 7.11 Å². The van der Waals surface area contributed by atoms with Gasteiger partial charge in [-0.2, -0.15) is 0 Å². The maximum atomic E-state index is 13.1. The highest BCUT2D eigenvalue weighted by Crippen LogP contribution is 2.36. The van der Waals surface area contributed by atoms with Gasteiger partial charge in [0.1, 0.15) is 16.6 Å². The second-order valence-corrected chi connectivity index (χ2v) is 8.34. The van der Waals surface area contributed by atoms with Crippen molar-refractivity contribution in [2.24, 2.45) is 0 Å². The van der Waals surface area contributed by atoms with Crippen LogP contribution < -0.4 is 10.1 Å². The number of nitrogens with zero attached hydrogens (tertiary/aromatic N) is 2. The van der Waals surface area contributed by atoms with Crippen LogP contribution in [-0.2, 0) is 16.6 Å². The molecule has 2 heterocycles. The molecule has 7 heteroatoms. The van der Waals surface area contributed by atoms with Gasteiger partial charge >= 0.3 is 0 Å². The molecule has 0 aliphatic carbocycles. The fourth-order valence-corrected chi connectivity index (χ4v) is 4.46. The van der Waals surface area contributed by atoms with Crippen molar-refractivity contribution < 1.29 is 13.9 Å². The zero-order chi connectivity index (χ0) is 20.1. The van der Waals surface area contributed by atoms with Crippen molar-refractivity contribution >= 4 is 16.5 Å². The molecule has 5 nitrogen and oxygen atoms in total. The van der Waals surface area contributed by atoms with Crippen LogP contribution >= 0.6 is 11.3 Å². The summed E-state index contributed by atoms with van der Waals surface area (Å²) < 4.78 is 24.0. The molecule has 1 aliphatic heterocycles. The van der Waals surface area contributed by atoms with E-state index in [0.29, 0.717) is 6.42 Å². The normalized spacial score (nSPS) is 15.8. The van der Waals surface area contributed by atoms with Crippen molar-refractivity contribution in [3.63, 3.8) is 0 Å². The number of hydrogen-bond donors (Lipinski definition) is 1. The number of halogens is 1. The molecule has 3 aromatic rings. The van der Waals surface area contributed by atoms with E-state index in [1.807, 2.05) is 12.1 Å². The van der Waals surface area contributed by atoms with Crippen LogP contribution in [0.5, 0.6) is 5.75 Å². The molecule has 0 amide bonds. The minimum Gasteiger partial charge on any atom is -0.497 e. The van der Waals surface area contributed by atoms with E-state index in [0.717, 1.165) is 54.1 Å². The average molecular weight is 414 g/mol. The van der Waals surface area contributed by atoms with Crippen molar-refractivity contribution in [2.75, 3.05) is 32.2 Å². The first-order chi connectivity index (χ1) is 14.2. The molecule has 0 spiro atoms. The molecule has 1 fully saturated rings. The molecule has 0 radical (unpaired) electrons. The fourth-order valence-electron chi connectivity index (χ4n) is 3.69. The maximum absolute atomic E-state index is 13.1. The highest BCUT2D eigenvalue weighted by atomic mass is 32.1. The predicted octanol–water partition coefficient (Wildman–Crippen LogP) is 4.44. The van der Waals surface area contributed by atoms with Gasteiger partial charge in [-0.05, 0) is 48.2 Å². The van der Waals surface area contributed by atoms with Gasteiger partial charge in [-0.1, -0.05) is 35.6 Å². The Morgan fingerprint density at radius 3 is 2.48 bits per heavy atom. The summed E-state index contributed by atoms with van der Waals surface area (Å²) in [6.07, 6.45) is 2.55. The van der Waals surface area contributed by atoms with Crippen molar-refractivity contribution in [3.05, 3.63) is 70.5 Å². The van der Waals surface area contributed by atoms with Crippen LogP contribution in [0.25, 0.3) is 0 Å². The standard InChI is InChI=1S/C22H24FN3O2S/c1-27-19-8-4-17(5-9-19)22(10-12-28-13-11-22)15-24-21-26-25-20(29-21)14-16-2-6-18(23)7-3-16/h2-9H,10-15H2,1H3,(H,24,26). The molecule has 0 saturated carbocycles. The van der Waals surface area contributed by atoms with Gasteiger partial charge in [-0.3, -0.25) is 0 Å². The van der Waals surface area contributed by atoms with Gasteiger partial charge in [-0.25, -0.2) is 4.39 Å². The topological polar surface area (TPSA) is 56.3 Å². The summed E-state index contributed by atoms with van der Waals surface area (Å²) in [5.41, 5.74) is 2.30. The van der Waals surface area contributed by atoms with E-state index in [9.17, 15) is 4.39 Å². The number of anilines is 1. The Morgan fingerprint density at radius 1 is 1.07 bits per heavy atom. The summed E-state index contributed by atoms with van der Waals surface area (Å²) in [5.74, 6) is 0.632. The Morgan fingerprint density at radius 2 is 1.79 bits per heavy atom. The molecule has 1 N–H and O–H groups in total. The van der Waals surface area contributed by atoms with E-state index >= 15 is 0 Å². The first-order valence-electron chi connectivity index (χ1n) is 9.70. The molecule has 29 heavy (non-hydrogen) atoms. The summed E-state index contributed by atoms with van der Waals surface area (Å²) >= 11 is 1.54. The largest absolute Gasteiger partial charge is 0.497 e. The van der Waals surface area contributed by atoms with Gasteiger partial charge in [0.15, 0.2) is 0 Å². The van der Waals surface area contributed by atoms with E-state index in [2.05, 4.69) is 27.6 Å². The summed E-state index contributed by atoms with van der Waals surface area (Å²) in [6, 6.07) is 14.8. The summed E-state index contributed by atoms with van der Waals surface area (Å²) in [4.78, 5) is 0. The molecule has 2 aromatic carbocycles. The third kappa shape index (κ3) is 4.74. The maximum Gasteiger partial charge on any atom is 0.205 e. The molecular formula is C22H24FN3O2S. The first-order valence-corrected chi connectivity index (χ1v) is 10.5. The lowest BCUT2D eigenvalue weighted by Gasteiger charge is -2.38. The van der Waals surface area contributed by atoms with Crippen LogP contribution in [0.2, 0.25) is 0 Å². The van der Waals surface area contributed by atoms with Gasteiger partial charge in [-0.15, -0.1) is 10.2 Å². The fraction of sp³-hybridized carbons (Fsp3) is 0.364. The van der Waals surface area contributed by atoms with E-state index in [1.165, 1.54) is 17.7 Å². The Hall–Kier alpha value is -2.51. The van der Waals surface area contributed by atoms with Crippen LogP contribution in [0.4, 0.5) is 9.52 Å². The van der Waals surface area contributed by atoms with Crippen LogP contribution in [-0.4, -0.2) is 37.1 Å². The van der Waals surface area contributed by atoms with Crippen LogP contribution in [0.1, 0.15) is 29.0 Å². The highest BCUT2D eigenvalue weighted by Gasteiger charge is 2.34. The van der Waals surface area contributed by atoms with Crippen LogP contribution in [0, 0.1) is 5.82 Å². The number of nitrogens with one attached hydrogen (secondary N) is 1. The molecule has 4 rings (SSSR count). The number of methoxy groups -OCH3 is 1. The van der Waals surface area contributed by atoms with Gasteiger partial charge in [0.25, 0.3) is 0 Å². The minimum absolute atomic E-state index is 0.00664. The second kappa shape index (κ2) is 8.88. The second-order valence-electron chi connectivity index (χ2n) is 7.28. The molecule has 0 bridgehead atoms. The monoisotopic (exact) mass is 413 g/mol. The molecular weight excluding hydrogens is 389 g/mol. The van der Waals surface area contributed by atoms with Crippen molar-refractivity contribution in [1.82, 2.24) is 10.2 Å². The SMILES string of the molecule is COc1ccc(C2(CNc3nnc(Cc4ccc(F)cc4)s3)CCOCC2)cc1. The third-order valence-electron chi connectivity index (χ3n) is 5.47. The summed E-state index contributed by atoms with van der Waals surface area (Å²) in [6.45, 7) is 2.27. The van der Waals surface area contributed by atoms with E-state index in [-0.39, 0.29) is 11.2 Å². The lowest BCUT2D eigenvalue weighted by Crippen LogP contribution is -2.40. The minimum atomic E-state index is -0.228. The Bertz CT molecular complexity index is 922. The van der Waals surface area contributed by atoms with Crippen molar-refractivity contribution in [1.29, 1.82) is 0 Å². The molecule has 152 valence electrons. The first kappa shape index (κ1) is 19.8. The molecule has 1 aromatic heterocycles. The zero-order valence-electron chi connectivity index (χ0n) is 16.4. The smallest absolute Gasteiger partial charge is 0.205 e. The van der Waals surface area contributed by atoms with Crippen molar-refractivity contribution in [3.8, 4) is 5.75 Å². The molecule has 0 unspecified atom stereocenters. The van der Waals surface area contributed by atoms with E-state index in [4.69, 9.17) is 9.47 Å². The number of ether oxygens (including phenoxy) is 2. The van der Waals surface area contributed by atoms with Crippen LogP contribution in [0.15, 0.2) is 48.5 Å². The van der Waals surface area contributed by atoms with Gasteiger partial charge in [0, 0.05) is 31.6 Å². The number of benzene rings is 2. The highest BCUT2D eigenvalue weighted by molar-refractivity contribution is 7.15. The number of hydrogen-bond acceptors (Lipinski definition) is 6. The van der Waals surface area contributed by atoms with E-state index < -0.39 is 0 Å².